The van der Waals surface area contributed by atoms with Crippen LogP contribution in [0.15, 0.2) is 24.3 Å². The van der Waals surface area contributed by atoms with Crippen LogP contribution in [0.2, 0.25) is 0 Å². The second kappa shape index (κ2) is 6.55. The first-order valence-electron chi connectivity index (χ1n) is 6.29. The fourth-order valence-electron chi connectivity index (χ4n) is 1.79. The smallest absolute Gasteiger partial charge is 0.164 e. The molecule has 0 aliphatic rings. The molecule has 0 aromatic heterocycles. The first-order valence-corrected chi connectivity index (χ1v) is 6.29. The fraction of sp³-hybridized carbons (Fsp3) is 0.533. The highest BCUT2D eigenvalue weighted by atomic mass is 16.5. The highest BCUT2D eigenvalue weighted by molar-refractivity contribution is 5.86. The molecule has 0 unspecified atom stereocenters. The summed E-state index contributed by atoms with van der Waals surface area (Å²) < 4.78 is 10.5. The zero-order chi connectivity index (χ0) is 13.6. The number of rotatable bonds is 7. The van der Waals surface area contributed by atoms with Crippen LogP contribution in [-0.4, -0.2) is 25.1 Å². The van der Waals surface area contributed by atoms with Gasteiger partial charge in [-0.15, -0.1) is 0 Å². The normalized spacial score (nSPS) is 11.3. The van der Waals surface area contributed by atoms with Gasteiger partial charge in [0.05, 0.1) is 7.11 Å². The third kappa shape index (κ3) is 4.15. The number of methoxy groups -OCH3 is 1. The van der Waals surface area contributed by atoms with Crippen molar-refractivity contribution in [3.8, 4) is 5.75 Å². The molecule has 0 atom stereocenters. The number of hydrogen-bond donors (Lipinski definition) is 0. The van der Waals surface area contributed by atoms with Crippen LogP contribution in [0.3, 0.4) is 0 Å². The van der Waals surface area contributed by atoms with E-state index in [1.165, 1.54) is 0 Å². The van der Waals surface area contributed by atoms with E-state index in [2.05, 4.69) is 0 Å². The van der Waals surface area contributed by atoms with Crippen LogP contribution >= 0.6 is 0 Å². The van der Waals surface area contributed by atoms with Gasteiger partial charge in [-0.25, -0.2) is 0 Å². The van der Waals surface area contributed by atoms with Crippen LogP contribution in [0.1, 0.15) is 32.8 Å². The molecule has 1 aromatic rings. The summed E-state index contributed by atoms with van der Waals surface area (Å²) in [5.74, 6) is 0.972. The summed E-state index contributed by atoms with van der Waals surface area (Å²) >= 11 is 0. The summed E-state index contributed by atoms with van der Waals surface area (Å²) in [6.45, 7) is 6.11. The second-order valence-corrected chi connectivity index (χ2v) is 4.71. The van der Waals surface area contributed by atoms with Gasteiger partial charge in [0.15, 0.2) is 5.78 Å². The predicted octanol–water partition coefficient (Wildman–Crippen LogP) is 3.01. The van der Waals surface area contributed by atoms with Crippen LogP contribution in [0, 0.1) is 0 Å². The number of benzene rings is 1. The Labute approximate surface area is 109 Å². The van der Waals surface area contributed by atoms with E-state index in [-0.39, 0.29) is 5.78 Å². The first kappa shape index (κ1) is 14.7. The average molecular weight is 250 g/mol. The molecule has 18 heavy (non-hydrogen) atoms. The van der Waals surface area contributed by atoms with Gasteiger partial charge in [-0.2, -0.15) is 0 Å². The largest absolute Gasteiger partial charge is 0.497 e. The molecule has 0 aliphatic carbocycles. The van der Waals surface area contributed by atoms with Crippen molar-refractivity contribution in [2.75, 3.05) is 13.7 Å². The minimum absolute atomic E-state index is 0.139. The van der Waals surface area contributed by atoms with E-state index in [0.29, 0.717) is 13.0 Å². The predicted molar refractivity (Wildman–Crippen MR) is 72.0 cm³/mol. The number of hydrogen-bond acceptors (Lipinski definition) is 3. The molecule has 0 bridgehead atoms. The summed E-state index contributed by atoms with van der Waals surface area (Å²) in [5.41, 5.74) is 0.456. The highest BCUT2D eigenvalue weighted by Gasteiger charge is 2.26. The van der Waals surface area contributed by atoms with E-state index in [1.807, 2.05) is 45.0 Å². The van der Waals surface area contributed by atoms with Crippen molar-refractivity contribution in [3.05, 3.63) is 29.8 Å². The first-order chi connectivity index (χ1) is 8.49. The van der Waals surface area contributed by atoms with Gasteiger partial charge in [-0.1, -0.05) is 12.1 Å². The molecular formula is C15H22O3. The molecule has 0 fully saturated rings. The van der Waals surface area contributed by atoms with Crippen molar-refractivity contribution in [2.24, 2.45) is 0 Å². The summed E-state index contributed by atoms with van der Waals surface area (Å²) in [7, 11) is 1.64. The lowest BCUT2D eigenvalue weighted by Crippen LogP contribution is -2.35. The van der Waals surface area contributed by atoms with Crippen molar-refractivity contribution in [1.29, 1.82) is 0 Å². The summed E-state index contributed by atoms with van der Waals surface area (Å²) in [5, 5.41) is 0. The number of ketones is 1. The van der Waals surface area contributed by atoms with Crippen LogP contribution in [-0.2, 0) is 16.0 Å². The maximum absolute atomic E-state index is 12.0. The van der Waals surface area contributed by atoms with Crippen molar-refractivity contribution < 1.29 is 14.3 Å². The van der Waals surface area contributed by atoms with E-state index in [9.17, 15) is 4.79 Å². The van der Waals surface area contributed by atoms with E-state index in [1.54, 1.807) is 7.11 Å². The summed E-state index contributed by atoms with van der Waals surface area (Å²) in [6, 6.07) is 7.79. The molecular weight excluding hydrogens is 228 g/mol. The van der Waals surface area contributed by atoms with E-state index < -0.39 is 5.60 Å². The van der Waals surface area contributed by atoms with Gasteiger partial charge >= 0.3 is 0 Å². The molecule has 3 nitrogen and oxygen atoms in total. The Bertz CT molecular complexity index is 379. The third-order valence-corrected chi connectivity index (χ3v) is 2.98. The minimum Gasteiger partial charge on any atom is -0.497 e. The highest BCUT2D eigenvalue weighted by Crippen LogP contribution is 2.17. The van der Waals surface area contributed by atoms with Gasteiger partial charge in [0.25, 0.3) is 0 Å². The van der Waals surface area contributed by atoms with E-state index in [4.69, 9.17) is 9.47 Å². The Balaban J connectivity index is 2.51. The van der Waals surface area contributed by atoms with E-state index >= 15 is 0 Å². The van der Waals surface area contributed by atoms with Crippen LogP contribution < -0.4 is 4.74 Å². The Morgan fingerprint density at radius 2 is 1.83 bits per heavy atom. The third-order valence-electron chi connectivity index (χ3n) is 2.98. The molecule has 0 saturated heterocycles. The van der Waals surface area contributed by atoms with Crippen molar-refractivity contribution in [1.82, 2.24) is 0 Å². The maximum atomic E-state index is 12.0. The SMILES string of the molecule is CCOC(C)(C)C(=O)CCc1ccc(OC)cc1. The van der Waals surface area contributed by atoms with E-state index in [0.717, 1.165) is 17.7 Å². The fourth-order valence-corrected chi connectivity index (χ4v) is 1.79. The topological polar surface area (TPSA) is 35.5 Å². The molecule has 1 aromatic carbocycles. The van der Waals surface area contributed by atoms with Crippen molar-refractivity contribution in [2.45, 2.75) is 39.2 Å². The molecule has 0 N–H and O–H groups in total. The lowest BCUT2D eigenvalue weighted by atomic mass is 9.97. The molecule has 0 heterocycles. The van der Waals surface area contributed by atoms with Crippen LogP contribution in [0.5, 0.6) is 5.75 Å². The Hall–Kier alpha value is -1.35. The number of aryl methyl sites for hydroxylation is 1. The summed E-state index contributed by atoms with van der Waals surface area (Å²) in [4.78, 5) is 12.0. The van der Waals surface area contributed by atoms with Gasteiger partial charge in [0, 0.05) is 13.0 Å². The zero-order valence-corrected chi connectivity index (χ0v) is 11.7. The molecule has 100 valence electrons. The molecule has 0 saturated carbocycles. The quantitative estimate of drug-likeness (QED) is 0.746. The average Bonchev–Trinajstić information content (AvgIpc) is 2.36. The van der Waals surface area contributed by atoms with Gasteiger partial charge in [-0.3, -0.25) is 4.79 Å². The van der Waals surface area contributed by atoms with Gasteiger partial charge in [-0.05, 0) is 44.9 Å². The molecule has 0 aliphatic heterocycles. The standard InChI is InChI=1S/C15H22O3/c1-5-18-15(2,3)14(16)11-8-12-6-9-13(17-4)10-7-12/h6-7,9-10H,5,8,11H2,1-4H3. The molecule has 1 rings (SSSR count). The lowest BCUT2D eigenvalue weighted by Gasteiger charge is -2.22. The van der Waals surface area contributed by atoms with Gasteiger partial charge in [0.2, 0.25) is 0 Å². The molecule has 3 heteroatoms. The maximum Gasteiger partial charge on any atom is 0.164 e. The molecule has 0 radical (unpaired) electrons. The molecule has 0 amide bonds. The van der Waals surface area contributed by atoms with Gasteiger partial charge < -0.3 is 9.47 Å². The minimum atomic E-state index is -0.679. The van der Waals surface area contributed by atoms with Crippen LogP contribution in [0.25, 0.3) is 0 Å². The Morgan fingerprint density at radius 1 is 1.22 bits per heavy atom. The number of carbonyl (C=O) groups is 1. The second-order valence-electron chi connectivity index (χ2n) is 4.71. The summed E-state index contributed by atoms with van der Waals surface area (Å²) in [6.07, 6.45) is 1.23. The number of ether oxygens (including phenoxy) is 2. The number of Topliss-reactive ketones (excluding diaryl/α,β-unsaturated/α-hetero) is 1. The van der Waals surface area contributed by atoms with Crippen molar-refractivity contribution >= 4 is 5.78 Å². The van der Waals surface area contributed by atoms with Crippen LogP contribution in [0.4, 0.5) is 0 Å². The molecule has 0 spiro atoms. The monoisotopic (exact) mass is 250 g/mol. The Kier molecular flexibility index (Phi) is 5.35. The number of carbonyl (C=O) groups excluding carboxylic acids is 1. The van der Waals surface area contributed by atoms with Crippen molar-refractivity contribution in [3.63, 3.8) is 0 Å². The van der Waals surface area contributed by atoms with Gasteiger partial charge in [0.1, 0.15) is 11.4 Å². The zero-order valence-electron chi connectivity index (χ0n) is 11.7. The lowest BCUT2D eigenvalue weighted by molar-refractivity contribution is -0.139. The Morgan fingerprint density at radius 3 is 2.33 bits per heavy atom.